The molecule has 2 aromatic heterocycles. The number of alkyl halides is 3. The summed E-state index contributed by atoms with van der Waals surface area (Å²) < 4.78 is 41.0. The number of halogens is 3. The zero-order chi connectivity index (χ0) is 16.6. The zero-order valence-electron chi connectivity index (χ0n) is 12.8. The van der Waals surface area contributed by atoms with Gasteiger partial charge in [-0.2, -0.15) is 13.2 Å². The number of hydrogen-bond acceptors (Lipinski definition) is 2. The summed E-state index contributed by atoms with van der Waals surface area (Å²) in [5.41, 5.74) is -0.676. The number of nitrogens with one attached hydrogen (secondary N) is 1. The highest BCUT2D eigenvalue weighted by atomic mass is 19.4. The summed E-state index contributed by atoms with van der Waals surface area (Å²) >= 11 is 0. The van der Waals surface area contributed by atoms with Crippen LogP contribution in [-0.2, 0) is 6.18 Å². The maximum absolute atomic E-state index is 13.3. The molecule has 1 N–H and O–H groups in total. The van der Waals surface area contributed by atoms with Crippen LogP contribution in [0.4, 0.5) is 13.2 Å². The number of amides is 1. The molecule has 0 bridgehead atoms. The highest BCUT2D eigenvalue weighted by molar-refractivity contribution is 5.95. The number of fused-ring (bicyclic) bond motifs is 1. The number of carbonyl (C=O) groups is 1. The van der Waals surface area contributed by atoms with E-state index in [4.69, 9.17) is 0 Å². The van der Waals surface area contributed by atoms with Crippen molar-refractivity contribution in [2.24, 2.45) is 0 Å². The van der Waals surface area contributed by atoms with Gasteiger partial charge in [0.2, 0.25) is 0 Å². The van der Waals surface area contributed by atoms with E-state index >= 15 is 0 Å². The van der Waals surface area contributed by atoms with Crippen molar-refractivity contribution in [1.29, 1.82) is 0 Å². The van der Waals surface area contributed by atoms with Crippen LogP contribution in [0.25, 0.3) is 5.65 Å². The average Bonchev–Trinajstić information content (AvgIpc) is 2.87. The minimum Gasteiger partial charge on any atom is -0.348 e. The van der Waals surface area contributed by atoms with Crippen LogP contribution in [0.2, 0.25) is 0 Å². The van der Waals surface area contributed by atoms with Gasteiger partial charge in [-0.25, -0.2) is 4.98 Å². The van der Waals surface area contributed by atoms with E-state index in [0.29, 0.717) is 0 Å². The number of rotatable bonds is 2. The molecule has 124 valence electrons. The van der Waals surface area contributed by atoms with Gasteiger partial charge in [0.15, 0.2) is 5.69 Å². The summed E-state index contributed by atoms with van der Waals surface area (Å²) in [5, 5.41) is 2.75. The van der Waals surface area contributed by atoms with Crippen LogP contribution >= 0.6 is 0 Å². The molecule has 0 aromatic carbocycles. The number of pyridine rings is 1. The van der Waals surface area contributed by atoms with Crippen molar-refractivity contribution in [3.63, 3.8) is 0 Å². The quantitative estimate of drug-likeness (QED) is 0.914. The number of imidazole rings is 1. The lowest BCUT2D eigenvalue weighted by atomic mass is 9.95. The molecule has 23 heavy (non-hydrogen) atoms. The van der Waals surface area contributed by atoms with Crippen molar-refractivity contribution in [1.82, 2.24) is 14.7 Å². The number of aryl methyl sites for hydroxylation is 1. The van der Waals surface area contributed by atoms with E-state index in [0.717, 1.165) is 37.7 Å². The second kappa shape index (κ2) is 5.86. The summed E-state index contributed by atoms with van der Waals surface area (Å²) in [6, 6.07) is 3.10. The van der Waals surface area contributed by atoms with Crippen molar-refractivity contribution >= 4 is 11.6 Å². The van der Waals surface area contributed by atoms with E-state index in [1.54, 1.807) is 13.0 Å². The summed E-state index contributed by atoms with van der Waals surface area (Å²) in [7, 11) is 0. The molecule has 2 aromatic rings. The lowest BCUT2D eigenvalue weighted by Gasteiger charge is -2.23. The molecule has 3 rings (SSSR count). The minimum absolute atomic E-state index is 0.0623. The second-order valence-electron chi connectivity index (χ2n) is 6.05. The first-order valence-electron chi connectivity index (χ1n) is 7.73. The number of nitrogens with zero attached hydrogens (tertiary/aromatic N) is 2. The monoisotopic (exact) mass is 325 g/mol. The van der Waals surface area contributed by atoms with Crippen LogP contribution in [-0.4, -0.2) is 21.3 Å². The zero-order valence-corrected chi connectivity index (χ0v) is 12.8. The highest BCUT2D eigenvalue weighted by Gasteiger charge is 2.40. The van der Waals surface area contributed by atoms with Crippen molar-refractivity contribution < 1.29 is 18.0 Å². The molecule has 2 heterocycles. The Kier molecular flexibility index (Phi) is 4.04. The Morgan fingerprint density at radius 2 is 1.96 bits per heavy atom. The number of aromatic nitrogens is 2. The van der Waals surface area contributed by atoms with Crippen LogP contribution in [0.1, 0.15) is 53.8 Å². The summed E-state index contributed by atoms with van der Waals surface area (Å²) in [6.45, 7) is 1.76. The molecular formula is C16H18F3N3O. The standard InChI is InChI=1S/C16H18F3N3O/c1-10-7-8-12-21-14(16(17,18)19)13(22(12)9-10)15(23)20-11-5-3-2-4-6-11/h7-9,11H,2-6H2,1H3,(H,20,23). The molecule has 0 aliphatic heterocycles. The van der Waals surface area contributed by atoms with Crippen molar-refractivity contribution in [2.75, 3.05) is 0 Å². The third-order valence-electron chi connectivity index (χ3n) is 4.19. The maximum atomic E-state index is 13.3. The first-order valence-corrected chi connectivity index (χ1v) is 7.73. The van der Waals surface area contributed by atoms with E-state index in [9.17, 15) is 18.0 Å². The normalized spacial score (nSPS) is 16.7. The van der Waals surface area contributed by atoms with Gasteiger partial charge in [0, 0.05) is 12.2 Å². The topological polar surface area (TPSA) is 46.4 Å². The molecule has 1 saturated carbocycles. The third-order valence-corrected chi connectivity index (χ3v) is 4.19. The van der Waals surface area contributed by atoms with E-state index in [1.165, 1.54) is 16.7 Å². The molecule has 0 spiro atoms. The summed E-state index contributed by atoms with van der Waals surface area (Å²) in [4.78, 5) is 16.1. The van der Waals surface area contributed by atoms with Gasteiger partial charge in [0.05, 0.1) is 0 Å². The molecule has 4 nitrogen and oxygen atoms in total. The van der Waals surface area contributed by atoms with Gasteiger partial charge in [-0.3, -0.25) is 9.20 Å². The Morgan fingerprint density at radius 3 is 2.61 bits per heavy atom. The molecule has 0 atom stereocenters. The Morgan fingerprint density at radius 1 is 1.26 bits per heavy atom. The maximum Gasteiger partial charge on any atom is 0.435 e. The Hall–Kier alpha value is -2.05. The Labute approximate surface area is 131 Å². The fourth-order valence-corrected chi connectivity index (χ4v) is 3.07. The Bertz CT molecular complexity index is 730. The third kappa shape index (κ3) is 3.18. The fraction of sp³-hybridized carbons (Fsp3) is 0.500. The predicted molar refractivity (Wildman–Crippen MR) is 79.3 cm³/mol. The van der Waals surface area contributed by atoms with Crippen molar-refractivity contribution in [3.05, 3.63) is 35.3 Å². The van der Waals surface area contributed by atoms with E-state index in [2.05, 4.69) is 10.3 Å². The average molecular weight is 325 g/mol. The van der Waals surface area contributed by atoms with Crippen LogP contribution in [0.5, 0.6) is 0 Å². The molecule has 0 unspecified atom stereocenters. The largest absolute Gasteiger partial charge is 0.435 e. The Balaban J connectivity index is 2.02. The molecule has 0 radical (unpaired) electrons. The second-order valence-corrected chi connectivity index (χ2v) is 6.05. The van der Waals surface area contributed by atoms with Gasteiger partial charge in [-0.05, 0) is 31.4 Å². The minimum atomic E-state index is -4.67. The molecule has 1 fully saturated rings. The summed E-state index contributed by atoms with van der Waals surface area (Å²) in [5.74, 6) is -0.706. The van der Waals surface area contributed by atoms with Gasteiger partial charge in [0.25, 0.3) is 5.91 Å². The first kappa shape index (κ1) is 15.8. The number of hydrogen-bond donors (Lipinski definition) is 1. The van der Waals surface area contributed by atoms with E-state index in [1.807, 2.05) is 0 Å². The lowest BCUT2D eigenvalue weighted by Crippen LogP contribution is -2.37. The molecule has 0 saturated heterocycles. The highest BCUT2D eigenvalue weighted by Crippen LogP contribution is 2.32. The molecular weight excluding hydrogens is 307 g/mol. The van der Waals surface area contributed by atoms with Crippen molar-refractivity contribution in [2.45, 2.75) is 51.2 Å². The van der Waals surface area contributed by atoms with Crippen LogP contribution in [0, 0.1) is 6.92 Å². The SMILES string of the molecule is Cc1ccc2nc(C(F)(F)F)c(C(=O)NC3CCCCC3)n2c1. The van der Waals surface area contributed by atoms with Gasteiger partial charge in [-0.15, -0.1) is 0 Å². The molecule has 1 aliphatic rings. The molecule has 1 aliphatic carbocycles. The van der Waals surface area contributed by atoms with Crippen LogP contribution in [0.3, 0.4) is 0 Å². The van der Waals surface area contributed by atoms with Crippen LogP contribution < -0.4 is 5.32 Å². The lowest BCUT2D eigenvalue weighted by molar-refractivity contribution is -0.141. The predicted octanol–water partition coefficient (Wildman–Crippen LogP) is 3.72. The van der Waals surface area contributed by atoms with Gasteiger partial charge in [-0.1, -0.05) is 25.3 Å². The molecule has 1 amide bonds. The van der Waals surface area contributed by atoms with E-state index < -0.39 is 23.5 Å². The molecule has 7 heteroatoms. The summed E-state index contributed by atoms with van der Waals surface area (Å²) in [6.07, 6.45) is 1.54. The van der Waals surface area contributed by atoms with Crippen LogP contribution in [0.15, 0.2) is 18.3 Å². The van der Waals surface area contributed by atoms with E-state index in [-0.39, 0.29) is 11.7 Å². The van der Waals surface area contributed by atoms with Gasteiger partial charge in [0.1, 0.15) is 11.3 Å². The number of carbonyl (C=O) groups excluding carboxylic acids is 1. The van der Waals surface area contributed by atoms with Gasteiger partial charge >= 0.3 is 6.18 Å². The fourth-order valence-electron chi connectivity index (χ4n) is 3.07. The first-order chi connectivity index (χ1) is 10.9. The smallest absolute Gasteiger partial charge is 0.348 e. The van der Waals surface area contributed by atoms with Crippen molar-refractivity contribution in [3.8, 4) is 0 Å². The van der Waals surface area contributed by atoms with Gasteiger partial charge < -0.3 is 5.32 Å².